The third kappa shape index (κ3) is 9.66. The van der Waals surface area contributed by atoms with E-state index in [-0.39, 0.29) is 6.04 Å². The Kier molecular flexibility index (Phi) is 15.4. The van der Waals surface area contributed by atoms with Gasteiger partial charge in [-0.25, -0.2) is 0 Å². The Labute approximate surface area is 101 Å². The summed E-state index contributed by atoms with van der Waals surface area (Å²) in [4.78, 5) is 10.6. The van der Waals surface area contributed by atoms with Gasteiger partial charge in [-0.3, -0.25) is 0 Å². The zero-order chi connectivity index (χ0) is 12.8. The van der Waals surface area contributed by atoms with Gasteiger partial charge in [0.15, 0.2) is 0 Å². The lowest BCUT2D eigenvalue weighted by Gasteiger charge is -2.08. The van der Waals surface area contributed by atoms with Crippen molar-refractivity contribution in [2.24, 2.45) is 0 Å². The van der Waals surface area contributed by atoms with Gasteiger partial charge >= 0.3 is 0 Å². The Hall–Kier alpha value is -0.890. The summed E-state index contributed by atoms with van der Waals surface area (Å²) in [6, 6.07) is -0.0139. The van der Waals surface area contributed by atoms with Crippen molar-refractivity contribution in [1.29, 1.82) is 0 Å². The van der Waals surface area contributed by atoms with Crippen LogP contribution in [0.15, 0.2) is 23.8 Å². The first-order chi connectivity index (χ1) is 7.78. The Morgan fingerprint density at radius 2 is 2.00 bits per heavy atom. The van der Waals surface area contributed by atoms with E-state index in [1.165, 1.54) is 5.57 Å². The topological polar surface area (TPSA) is 29.1 Å². The monoisotopic (exact) mass is 225 g/mol. The van der Waals surface area contributed by atoms with Crippen LogP contribution < -0.4 is 5.32 Å². The first kappa shape index (κ1) is 17.5. The molecule has 0 radical (unpaired) electrons. The Bertz CT molecular complexity index is 207. The van der Waals surface area contributed by atoms with Crippen LogP contribution in [0.2, 0.25) is 0 Å². The maximum Gasteiger partial charge on any atom is 0.136 e. The molecular weight excluding hydrogens is 198 g/mol. The number of nitrogens with one attached hydrogen (secondary N) is 1. The molecular formula is C14H27NO. The molecule has 1 unspecified atom stereocenters. The van der Waals surface area contributed by atoms with Crippen molar-refractivity contribution >= 4 is 6.29 Å². The van der Waals surface area contributed by atoms with Crippen molar-refractivity contribution in [2.45, 2.75) is 53.0 Å². The van der Waals surface area contributed by atoms with Crippen molar-refractivity contribution < 1.29 is 4.79 Å². The van der Waals surface area contributed by atoms with Gasteiger partial charge in [0.25, 0.3) is 0 Å². The summed E-state index contributed by atoms with van der Waals surface area (Å²) < 4.78 is 0. The van der Waals surface area contributed by atoms with Gasteiger partial charge in [0.2, 0.25) is 0 Å². The van der Waals surface area contributed by atoms with Crippen molar-refractivity contribution in [1.82, 2.24) is 5.32 Å². The van der Waals surface area contributed by atoms with Crippen LogP contribution in [-0.2, 0) is 4.79 Å². The number of rotatable bonds is 7. The van der Waals surface area contributed by atoms with Crippen LogP contribution in [0.4, 0.5) is 0 Å². The van der Waals surface area contributed by atoms with Gasteiger partial charge in [-0.05, 0) is 33.2 Å². The molecule has 0 bridgehead atoms. The normalized spacial score (nSPS) is 13.2. The number of carbonyl (C=O) groups excluding carboxylic acids is 1. The molecule has 94 valence electrons. The van der Waals surface area contributed by atoms with E-state index in [4.69, 9.17) is 0 Å². The molecule has 2 heteroatoms. The summed E-state index contributed by atoms with van der Waals surface area (Å²) in [6.07, 6.45) is 10.2. The lowest BCUT2D eigenvalue weighted by atomic mass is 10.1. The highest BCUT2D eigenvalue weighted by molar-refractivity contribution is 5.57. The van der Waals surface area contributed by atoms with Crippen LogP contribution in [0.3, 0.4) is 0 Å². The van der Waals surface area contributed by atoms with E-state index in [0.717, 1.165) is 25.5 Å². The summed E-state index contributed by atoms with van der Waals surface area (Å²) in [5, 5.41) is 2.97. The van der Waals surface area contributed by atoms with Crippen LogP contribution in [0.5, 0.6) is 0 Å². The molecule has 0 aromatic carbocycles. The predicted octanol–water partition coefficient (Wildman–Crippen LogP) is 3.49. The van der Waals surface area contributed by atoms with Gasteiger partial charge in [0.05, 0.1) is 6.04 Å². The van der Waals surface area contributed by atoms with E-state index in [1.807, 2.05) is 27.8 Å². The minimum absolute atomic E-state index is 0.0139. The molecule has 0 aliphatic rings. The van der Waals surface area contributed by atoms with E-state index in [9.17, 15) is 4.79 Å². The molecule has 0 aromatic rings. The maximum absolute atomic E-state index is 10.6. The maximum atomic E-state index is 10.6. The smallest absolute Gasteiger partial charge is 0.136 e. The lowest BCUT2D eigenvalue weighted by Crippen LogP contribution is -2.26. The first-order valence-electron chi connectivity index (χ1n) is 6.22. The molecule has 1 N–H and O–H groups in total. The highest BCUT2D eigenvalue weighted by atomic mass is 16.1. The molecule has 0 spiro atoms. The van der Waals surface area contributed by atoms with Gasteiger partial charge in [0.1, 0.15) is 6.29 Å². The first-order valence-corrected chi connectivity index (χ1v) is 6.22. The average molecular weight is 225 g/mol. The Morgan fingerprint density at radius 1 is 1.38 bits per heavy atom. The minimum Gasteiger partial charge on any atom is -0.311 e. The fraction of sp³-hybridized carbons (Fsp3) is 0.643. The molecule has 2 nitrogen and oxygen atoms in total. The van der Waals surface area contributed by atoms with Gasteiger partial charge in [0, 0.05) is 0 Å². The van der Waals surface area contributed by atoms with Crippen LogP contribution >= 0.6 is 0 Å². The van der Waals surface area contributed by atoms with Gasteiger partial charge in [-0.15, -0.1) is 0 Å². The quantitative estimate of drug-likeness (QED) is 0.531. The van der Waals surface area contributed by atoms with Crippen LogP contribution in [0, 0.1) is 0 Å². The fourth-order valence-electron chi connectivity index (χ4n) is 1.20. The van der Waals surface area contributed by atoms with Gasteiger partial charge in [-0.2, -0.15) is 0 Å². The van der Waals surface area contributed by atoms with Crippen molar-refractivity contribution in [3.05, 3.63) is 23.8 Å². The van der Waals surface area contributed by atoms with E-state index in [0.29, 0.717) is 0 Å². The summed E-state index contributed by atoms with van der Waals surface area (Å²) in [7, 11) is 1.82. The Morgan fingerprint density at radius 3 is 2.38 bits per heavy atom. The van der Waals surface area contributed by atoms with Crippen molar-refractivity contribution in [2.75, 3.05) is 7.05 Å². The van der Waals surface area contributed by atoms with Gasteiger partial charge < -0.3 is 10.1 Å². The Balaban J connectivity index is 0. The molecule has 0 aliphatic heterocycles. The summed E-state index contributed by atoms with van der Waals surface area (Å²) in [5.41, 5.74) is 1.30. The number of hydrogen-bond acceptors (Lipinski definition) is 2. The second kappa shape index (κ2) is 14.1. The van der Waals surface area contributed by atoms with Gasteiger partial charge in [-0.1, -0.05) is 44.6 Å². The van der Waals surface area contributed by atoms with E-state index in [1.54, 1.807) is 0 Å². The van der Waals surface area contributed by atoms with Crippen LogP contribution in [0.1, 0.15) is 47.0 Å². The molecule has 0 fully saturated rings. The molecule has 0 amide bonds. The minimum atomic E-state index is -0.0139. The zero-order valence-electron chi connectivity index (χ0n) is 11.4. The molecule has 16 heavy (non-hydrogen) atoms. The highest BCUT2D eigenvalue weighted by Gasteiger charge is 2.03. The molecule has 0 rings (SSSR count). The standard InChI is InChI=1S/C12H21NO.C2H6/c1-4-6-7-11(5-2)8-9-12(10-14)13-3;1-2/h5-7,10,12-13H,4,8-9H2,1-3H3;1-2H3/b7-6-,11-5+;. The molecule has 0 saturated heterocycles. The summed E-state index contributed by atoms with van der Waals surface area (Å²) in [6.45, 7) is 8.15. The molecule has 0 saturated carbocycles. The number of allylic oxidation sites excluding steroid dienone is 4. The molecule has 1 atom stereocenters. The number of aldehydes is 1. The summed E-state index contributed by atoms with van der Waals surface area (Å²) >= 11 is 0. The van der Waals surface area contributed by atoms with E-state index in [2.05, 4.69) is 30.5 Å². The second-order valence-electron chi connectivity index (χ2n) is 3.24. The third-order valence-electron chi connectivity index (χ3n) is 2.22. The zero-order valence-corrected chi connectivity index (χ0v) is 11.4. The summed E-state index contributed by atoms with van der Waals surface area (Å²) in [5.74, 6) is 0. The third-order valence-corrected chi connectivity index (χ3v) is 2.22. The van der Waals surface area contributed by atoms with Crippen LogP contribution in [-0.4, -0.2) is 19.4 Å². The van der Waals surface area contributed by atoms with Crippen molar-refractivity contribution in [3.8, 4) is 0 Å². The van der Waals surface area contributed by atoms with E-state index >= 15 is 0 Å². The molecule has 0 heterocycles. The van der Waals surface area contributed by atoms with Crippen molar-refractivity contribution in [3.63, 3.8) is 0 Å². The highest BCUT2D eigenvalue weighted by Crippen LogP contribution is 2.08. The predicted molar refractivity (Wildman–Crippen MR) is 72.7 cm³/mol. The molecule has 0 aliphatic carbocycles. The lowest BCUT2D eigenvalue weighted by molar-refractivity contribution is -0.109. The largest absolute Gasteiger partial charge is 0.311 e. The SMILES string of the molecule is C/C=C(\C=C/CC)CCC(C=O)NC.CC. The second-order valence-corrected chi connectivity index (χ2v) is 3.24. The average Bonchev–Trinajstić information content (AvgIpc) is 2.36. The number of hydrogen-bond donors (Lipinski definition) is 1. The number of carbonyl (C=O) groups is 1. The number of likely N-dealkylation sites (N-methyl/N-ethyl adjacent to an activating group) is 1. The van der Waals surface area contributed by atoms with E-state index < -0.39 is 0 Å². The molecule has 0 aromatic heterocycles. The fourth-order valence-corrected chi connectivity index (χ4v) is 1.20. The van der Waals surface area contributed by atoms with Crippen LogP contribution in [0.25, 0.3) is 0 Å².